The van der Waals surface area contributed by atoms with E-state index in [0.29, 0.717) is 6.42 Å². The van der Waals surface area contributed by atoms with Crippen molar-refractivity contribution in [2.45, 2.75) is 83.3 Å². The van der Waals surface area contributed by atoms with Gasteiger partial charge in [0.1, 0.15) is 0 Å². The number of unbranched alkanes of at least 4 members (excludes halogenated alkanes) is 7. The van der Waals surface area contributed by atoms with Crippen LogP contribution in [0, 0.1) is 5.92 Å². The van der Waals surface area contributed by atoms with E-state index in [1.807, 2.05) is 0 Å². The molecular weight excluding hydrogens is 320 g/mol. The molecule has 0 bridgehead atoms. The predicted molar refractivity (Wildman–Crippen MR) is 85.4 cm³/mol. The van der Waals surface area contributed by atoms with Gasteiger partial charge in [-0.2, -0.15) is 9.78 Å². The summed E-state index contributed by atoms with van der Waals surface area (Å²) in [7, 11) is 0. The third-order valence-corrected chi connectivity index (χ3v) is 4.11. The van der Waals surface area contributed by atoms with Crippen LogP contribution in [0.25, 0.3) is 0 Å². The first-order valence-electron chi connectivity index (χ1n) is 8.52. The van der Waals surface area contributed by atoms with Crippen molar-refractivity contribution >= 4 is 11.9 Å². The summed E-state index contributed by atoms with van der Waals surface area (Å²) < 4.78 is 0. The molecule has 0 aliphatic rings. The monoisotopic (exact) mass is 350 g/mol. The molecular formula is C16H30O8. The zero-order valence-corrected chi connectivity index (χ0v) is 14.3. The van der Waals surface area contributed by atoms with Gasteiger partial charge in [0, 0.05) is 12.8 Å². The molecule has 0 saturated heterocycles. The molecule has 0 spiro atoms. The van der Waals surface area contributed by atoms with Crippen molar-refractivity contribution in [2.75, 3.05) is 0 Å². The molecule has 0 saturated carbocycles. The third-order valence-electron chi connectivity index (χ3n) is 4.11. The van der Waals surface area contributed by atoms with Crippen LogP contribution in [-0.4, -0.2) is 38.5 Å². The molecule has 0 aromatic carbocycles. The van der Waals surface area contributed by atoms with Crippen molar-refractivity contribution in [2.24, 2.45) is 5.92 Å². The largest absolute Gasteiger partial charge is 0.481 e. The van der Waals surface area contributed by atoms with Crippen LogP contribution in [-0.2, 0) is 19.4 Å². The Labute approximate surface area is 142 Å². The summed E-state index contributed by atoms with van der Waals surface area (Å²) in [5.74, 6) is -6.06. The minimum Gasteiger partial charge on any atom is -0.481 e. The van der Waals surface area contributed by atoms with Crippen LogP contribution < -0.4 is 0 Å². The highest BCUT2D eigenvalue weighted by molar-refractivity contribution is 5.75. The SMILES string of the molecule is CCCCCCCCCCC(CC(=O)O)CC(OO)(OO)C(=O)O. The molecule has 8 heteroatoms. The molecule has 24 heavy (non-hydrogen) atoms. The summed E-state index contributed by atoms with van der Waals surface area (Å²) >= 11 is 0. The van der Waals surface area contributed by atoms with E-state index in [9.17, 15) is 9.59 Å². The summed E-state index contributed by atoms with van der Waals surface area (Å²) in [6, 6.07) is 0. The lowest BCUT2D eigenvalue weighted by Gasteiger charge is -2.26. The third kappa shape index (κ3) is 9.17. The van der Waals surface area contributed by atoms with Crippen molar-refractivity contribution in [3.05, 3.63) is 0 Å². The Bertz CT molecular complexity index is 354. The molecule has 0 aliphatic carbocycles. The zero-order valence-electron chi connectivity index (χ0n) is 14.3. The second kappa shape index (κ2) is 13.1. The normalized spacial score (nSPS) is 13.0. The molecule has 1 unspecified atom stereocenters. The predicted octanol–water partition coefficient (Wildman–Crippen LogP) is 3.76. The minimum absolute atomic E-state index is 0.293. The Balaban J connectivity index is 4.32. The van der Waals surface area contributed by atoms with E-state index < -0.39 is 30.1 Å². The first-order chi connectivity index (χ1) is 11.4. The fraction of sp³-hybridized carbons (Fsp3) is 0.875. The number of hydrogen-bond donors (Lipinski definition) is 4. The van der Waals surface area contributed by atoms with E-state index >= 15 is 0 Å². The van der Waals surface area contributed by atoms with Crippen LogP contribution in [0.15, 0.2) is 0 Å². The average molecular weight is 350 g/mol. The summed E-state index contributed by atoms with van der Waals surface area (Å²) in [4.78, 5) is 29.6. The molecule has 0 amide bonds. The number of hydrogen-bond acceptors (Lipinski definition) is 6. The smallest absolute Gasteiger partial charge is 0.370 e. The highest BCUT2D eigenvalue weighted by Crippen LogP contribution is 2.28. The van der Waals surface area contributed by atoms with E-state index in [1.165, 1.54) is 25.7 Å². The lowest BCUT2D eigenvalue weighted by molar-refractivity contribution is -0.474. The van der Waals surface area contributed by atoms with Crippen molar-refractivity contribution in [3.8, 4) is 0 Å². The highest BCUT2D eigenvalue weighted by atomic mass is 17.2. The van der Waals surface area contributed by atoms with Crippen LogP contribution >= 0.6 is 0 Å². The number of carboxylic acids is 2. The van der Waals surface area contributed by atoms with Gasteiger partial charge in [0.15, 0.2) is 0 Å². The molecule has 0 aliphatic heterocycles. The van der Waals surface area contributed by atoms with Crippen LogP contribution in [0.1, 0.15) is 77.6 Å². The second-order valence-corrected chi connectivity index (χ2v) is 6.17. The van der Waals surface area contributed by atoms with Gasteiger partial charge in [0.2, 0.25) is 0 Å². The van der Waals surface area contributed by atoms with E-state index in [2.05, 4.69) is 16.7 Å². The number of carbonyl (C=O) groups is 2. The quantitative estimate of drug-likeness (QED) is 0.143. The second-order valence-electron chi connectivity index (χ2n) is 6.17. The number of carboxylic acid groups (broad SMARTS) is 2. The fourth-order valence-electron chi connectivity index (χ4n) is 2.73. The van der Waals surface area contributed by atoms with Gasteiger partial charge in [0.25, 0.3) is 0 Å². The maximum Gasteiger partial charge on any atom is 0.370 e. The topological polar surface area (TPSA) is 134 Å². The van der Waals surface area contributed by atoms with E-state index in [0.717, 1.165) is 25.7 Å². The maximum atomic E-state index is 11.1. The number of rotatable bonds is 16. The van der Waals surface area contributed by atoms with Gasteiger partial charge in [-0.3, -0.25) is 4.79 Å². The van der Waals surface area contributed by atoms with E-state index in [-0.39, 0.29) is 6.42 Å². The van der Waals surface area contributed by atoms with Crippen molar-refractivity contribution in [1.29, 1.82) is 0 Å². The summed E-state index contributed by atoms with van der Waals surface area (Å²) in [6.07, 6.45) is 8.36. The molecule has 0 rings (SSSR count). The Morgan fingerprint density at radius 1 is 0.917 bits per heavy atom. The summed E-state index contributed by atoms with van der Waals surface area (Å²) in [6.45, 7) is 2.16. The first kappa shape index (κ1) is 22.8. The van der Waals surface area contributed by atoms with E-state index in [4.69, 9.17) is 20.7 Å². The molecule has 0 aromatic heterocycles. The molecule has 0 aromatic rings. The van der Waals surface area contributed by atoms with Gasteiger partial charge in [-0.1, -0.05) is 58.3 Å². The van der Waals surface area contributed by atoms with Gasteiger partial charge in [-0.25, -0.2) is 15.3 Å². The molecule has 0 radical (unpaired) electrons. The zero-order chi connectivity index (χ0) is 18.4. The Morgan fingerprint density at radius 2 is 1.42 bits per heavy atom. The first-order valence-corrected chi connectivity index (χ1v) is 8.52. The van der Waals surface area contributed by atoms with Gasteiger partial charge in [0.05, 0.1) is 0 Å². The molecule has 4 N–H and O–H groups in total. The standard InChI is InChI=1S/C16H30O8/c1-2-3-4-5-6-7-8-9-10-13(11-14(17)18)12-16(23-21,24-22)15(19)20/h13,21-22H,2-12H2,1H3,(H,17,18)(H,19,20). The Morgan fingerprint density at radius 3 is 1.83 bits per heavy atom. The average Bonchev–Trinajstić information content (AvgIpc) is 2.54. The van der Waals surface area contributed by atoms with Gasteiger partial charge in [-0.05, 0) is 12.3 Å². The fourth-order valence-corrected chi connectivity index (χ4v) is 2.73. The van der Waals surface area contributed by atoms with Crippen molar-refractivity contribution in [1.82, 2.24) is 0 Å². The van der Waals surface area contributed by atoms with Crippen LogP contribution in [0.3, 0.4) is 0 Å². The number of aliphatic carboxylic acids is 2. The van der Waals surface area contributed by atoms with Gasteiger partial charge in [-0.15, -0.1) is 0 Å². The maximum absolute atomic E-state index is 11.1. The molecule has 0 heterocycles. The van der Waals surface area contributed by atoms with Crippen LogP contribution in [0.5, 0.6) is 0 Å². The molecule has 8 nitrogen and oxygen atoms in total. The van der Waals surface area contributed by atoms with Gasteiger partial charge >= 0.3 is 17.7 Å². The highest BCUT2D eigenvalue weighted by Gasteiger charge is 2.45. The Hall–Kier alpha value is -1.22. The summed E-state index contributed by atoms with van der Waals surface area (Å²) in [5, 5.41) is 35.4. The molecule has 142 valence electrons. The lowest BCUT2D eigenvalue weighted by Crippen LogP contribution is -2.45. The van der Waals surface area contributed by atoms with Crippen molar-refractivity contribution < 1.29 is 40.1 Å². The summed E-state index contributed by atoms with van der Waals surface area (Å²) in [5.41, 5.74) is 0. The molecule has 0 fully saturated rings. The van der Waals surface area contributed by atoms with Crippen LogP contribution in [0.4, 0.5) is 0 Å². The minimum atomic E-state index is -2.65. The lowest BCUT2D eigenvalue weighted by atomic mass is 9.90. The van der Waals surface area contributed by atoms with Crippen molar-refractivity contribution in [3.63, 3.8) is 0 Å². The van der Waals surface area contributed by atoms with Crippen LogP contribution in [0.2, 0.25) is 0 Å². The van der Waals surface area contributed by atoms with Gasteiger partial charge < -0.3 is 10.2 Å². The van der Waals surface area contributed by atoms with E-state index in [1.54, 1.807) is 0 Å². The Kier molecular flexibility index (Phi) is 12.4. The molecule has 1 atom stereocenters.